The predicted molar refractivity (Wildman–Crippen MR) is 69.1 cm³/mol. The number of ether oxygens (including phenoxy) is 1. The fraction of sp³-hybridized carbons (Fsp3) is 0.500. The molecule has 0 aliphatic heterocycles. The Morgan fingerprint density at radius 1 is 1.24 bits per heavy atom. The summed E-state index contributed by atoms with van der Waals surface area (Å²) in [6.07, 6.45) is 0. The molecule has 17 heavy (non-hydrogen) atoms. The van der Waals surface area contributed by atoms with Crippen molar-refractivity contribution in [1.29, 1.82) is 0 Å². The Balaban J connectivity index is 2.35. The minimum absolute atomic E-state index is 0.0964. The Morgan fingerprint density at radius 2 is 1.82 bits per heavy atom. The van der Waals surface area contributed by atoms with Crippen molar-refractivity contribution in [1.82, 2.24) is 4.90 Å². The van der Waals surface area contributed by atoms with Crippen LogP contribution in [0.2, 0.25) is 0 Å². The molecule has 1 rings (SSSR count). The van der Waals surface area contributed by atoms with Crippen LogP contribution < -0.4 is 0 Å². The molecule has 0 saturated heterocycles. The molecule has 94 valence electrons. The van der Waals surface area contributed by atoms with Gasteiger partial charge in [-0.15, -0.1) is 0 Å². The molecule has 0 radical (unpaired) electrons. The third-order valence-electron chi connectivity index (χ3n) is 2.81. The molecule has 0 amide bonds. The first-order chi connectivity index (χ1) is 7.91. The first-order valence-electron chi connectivity index (χ1n) is 5.84. The molecule has 3 heteroatoms. The van der Waals surface area contributed by atoms with Crippen LogP contribution in [-0.2, 0) is 4.74 Å². The fourth-order valence-electron chi connectivity index (χ4n) is 1.27. The Labute approximate surface area is 103 Å². The molecule has 0 saturated carbocycles. The molecule has 0 unspecified atom stereocenters. The van der Waals surface area contributed by atoms with Crippen molar-refractivity contribution in [2.24, 2.45) is 0 Å². The Bertz CT molecular complexity index is 354. The van der Waals surface area contributed by atoms with E-state index < -0.39 is 0 Å². The van der Waals surface area contributed by atoms with Gasteiger partial charge in [0.05, 0.1) is 5.56 Å². The van der Waals surface area contributed by atoms with E-state index in [0.29, 0.717) is 12.2 Å². The number of rotatable bonds is 4. The summed E-state index contributed by atoms with van der Waals surface area (Å²) < 4.78 is 5.21. The van der Waals surface area contributed by atoms with Crippen molar-refractivity contribution in [3.8, 4) is 0 Å². The van der Waals surface area contributed by atoms with Gasteiger partial charge in [-0.05, 0) is 40.0 Å². The highest BCUT2D eigenvalue weighted by atomic mass is 16.5. The summed E-state index contributed by atoms with van der Waals surface area (Å²) in [6.45, 7) is 7.55. The van der Waals surface area contributed by atoms with Crippen LogP contribution in [-0.4, -0.2) is 36.6 Å². The summed E-state index contributed by atoms with van der Waals surface area (Å²) in [5.41, 5.74) is 0.699. The van der Waals surface area contributed by atoms with Gasteiger partial charge in [-0.25, -0.2) is 4.79 Å². The first-order valence-corrected chi connectivity index (χ1v) is 5.84. The topological polar surface area (TPSA) is 29.5 Å². The lowest BCUT2D eigenvalue weighted by Gasteiger charge is -2.31. The van der Waals surface area contributed by atoms with Gasteiger partial charge in [0.2, 0.25) is 0 Å². The quantitative estimate of drug-likeness (QED) is 0.751. The van der Waals surface area contributed by atoms with Crippen molar-refractivity contribution in [3.05, 3.63) is 35.9 Å². The van der Waals surface area contributed by atoms with Gasteiger partial charge in [0, 0.05) is 12.1 Å². The SMILES string of the molecule is CN(CCOC(=O)c1ccccc1)C(C)(C)C. The summed E-state index contributed by atoms with van der Waals surface area (Å²) in [4.78, 5) is 13.8. The monoisotopic (exact) mass is 235 g/mol. The maximum atomic E-state index is 11.6. The second kappa shape index (κ2) is 5.82. The van der Waals surface area contributed by atoms with E-state index in [1.165, 1.54) is 0 Å². The number of carbonyl (C=O) groups excluding carboxylic acids is 1. The molecule has 0 spiro atoms. The average Bonchev–Trinajstić information content (AvgIpc) is 2.28. The van der Waals surface area contributed by atoms with Crippen LogP contribution in [0.5, 0.6) is 0 Å². The summed E-state index contributed by atoms with van der Waals surface area (Å²) in [6, 6.07) is 9.06. The van der Waals surface area contributed by atoms with Gasteiger partial charge in [-0.3, -0.25) is 4.90 Å². The van der Waals surface area contributed by atoms with Gasteiger partial charge >= 0.3 is 5.97 Å². The average molecular weight is 235 g/mol. The third kappa shape index (κ3) is 4.57. The number of esters is 1. The Morgan fingerprint density at radius 3 is 2.35 bits per heavy atom. The van der Waals surface area contributed by atoms with Gasteiger partial charge in [0.1, 0.15) is 6.61 Å². The zero-order valence-electron chi connectivity index (χ0n) is 11.1. The molecule has 3 nitrogen and oxygen atoms in total. The fourth-order valence-corrected chi connectivity index (χ4v) is 1.27. The molecule has 0 N–H and O–H groups in total. The number of benzene rings is 1. The van der Waals surface area contributed by atoms with E-state index in [2.05, 4.69) is 25.7 Å². The molecular formula is C14H21NO2. The minimum Gasteiger partial charge on any atom is -0.461 e. The number of nitrogens with zero attached hydrogens (tertiary/aromatic N) is 1. The lowest BCUT2D eigenvalue weighted by molar-refractivity contribution is 0.0423. The lowest BCUT2D eigenvalue weighted by Crippen LogP contribution is -2.40. The van der Waals surface area contributed by atoms with Gasteiger partial charge < -0.3 is 4.74 Å². The van der Waals surface area contributed by atoms with Crippen molar-refractivity contribution >= 4 is 5.97 Å². The van der Waals surface area contributed by atoms with Crippen LogP contribution in [0.1, 0.15) is 31.1 Å². The standard InChI is InChI=1S/C14H21NO2/c1-14(2,3)15(4)10-11-17-13(16)12-8-6-5-7-9-12/h5-9H,10-11H2,1-4H3. The van der Waals surface area contributed by atoms with Crippen molar-refractivity contribution in [3.63, 3.8) is 0 Å². The molecular weight excluding hydrogens is 214 g/mol. The van der Waals surface area contributed by atoms with Crippen LogP contribution in [0.15, 0.2) is 30.3 Å². The maximum absolute atomic E-state index is 11.6. The minimum atomic E-state index is -0.257. The van der Waals surface area contributed by atoms with Crippen LogP contribution in [0, 0.1) is 0 Å². The van der Waals surface area contributed by atoms with Gasteiger partial charge in [-0.2, -0.15) is 0 Å². The molecule has 0 aromatic heterocycles. The zero-order chi connectivity index (χ0) is 12.9. The molecule has 0 bridgehead atoms. The van der Waals surface area contributed by atoms with E-state index in [1.54, 1.807) is 12.1 Å². The highest BCUT2D eigenvalue weighted by Gasteiger charge is 2.16. The largest absolute Gasteiger partial charge is 0.461 e. The normalized spacial score (nSPS) is 11.6. The third-order valence-corrected chi connectivity index (χ3v) is 2.81. The van der Waals surface area contributed by atoms with Gasteiger partial charge in [0.15, 0.2) is 0 Å². The summed E-state index contributed by atoms with van der Waals surface area (Å²) in [5, 5.41) is 0. The molecule has 0 heterocycles. The number of hydrogen-bond acceptors (Lipinski definition) is 3. The van der Waals surface area contributed by atoms with E-state index in [4.69, 9.17) is 4.74 Å². The van der Waals surface area contributed by atoms with Gasteiger partial charge in [-0.1, -0.05) is 18.2 Å². The smallest absolute Gasteiger partial charge is 0.338 e. The lowest BCUT2D eigenvalue weighted by atomic mass is 10.1. The number of likely N-dealkylation sites (N-methyl/N-ethyl adjacent to an activating group) is 1. The van der Waals surface area contributed by atoms with Crippen molar-refractivity contribution < 1.29 is 9.53 Å². The van der Waals surface area contributed by atoms with Crippen molar-refractivity contribution in [2.45, 2.75) is 26.3 Å². The molecule has 1 aromatic rings. The first kappa shape index (κ1) is 13.7. The Hall–Kier alpha value is -1.35. The van der Waals surface area contributed by atoms with E-state index in [0.717, 1.165) is 6.54 Å². The molecule has 0 fully saturated rings. The second-order valence-corrected chi connectivity index (χ2v) is 5.09. The summed E-state index contributed by atoms with van der Waals surface area (Å²) >= 11 is 0. The molecule has 1 aromatic carbocycles. The highest BCUT2D eigenvalue weighted by Crippen LogP contribution is 2.09. The highest BCUT2D eigenvalue weighted by molar-refractivity contribution is 5.89. The number of carbonyl (C=O) groups is 1. The van der Waals surface area contributed by atoms with Crippen LogP contribution in [0.3, 0.4) is 0 Å². The zero-order valence-corrected chi connectivity index (χ0v) is 11.1. The maximum Gasteiger partial charge on any atom is 0.338 e. The van der Waals surface area contributed by atoms with E-state index >= 15 is 0 Å². The van der Waals surface area contributed by atoms with Crippen LogP contribution in [0.4, 0.5) is 0 Å². The van der Waals surface area contributed by atoms with E-state index in [-0.39, 0.29) is 11.5 Å². The van der Waals surface area contributed by atoms with Crippen LogP contribution in [0.25, 0.3) is 0 Å². The second-order valence-electron chi connectivity index (χ2n) is 5.09. The molecule has 0 aliphatic rings. The molecule has 0 aliphatic carbocycles. The predicted octanol–water partition coefficient (Wildman–Crippen LogP) is 2.57. The van der Waals surface area contributed by atoms with Crippen LogP contribution >= 0.6 is 0 Å². The van der Waals surface area contributed by atoms with Crippen molar-refractivity contribution in [2.75, 3.05) is 20.2 Å². The number of hydrogen-bond donors (Lipinski definition) is 0. The summed E-state index contributed by atoms with van der Waals surface area (Å²) in [5.74, 6) is -0.257. The van der Waals surface area contributed by atoms with E-state index in [1.807, 2.05) is 25.2 Å². The van der Waals surface area contributed by atoms with E-state index in [9.17, 15) is 4.79 Å². The molecule has 0 atom stereocenters. The Kier molecular flexibility index (Phi) is 4.70. The van der Waals surface area contributed by atoms with Gasteiger partial charge in [0.25, 0.3) is 0 Å². The summed E-state index contributed by atoms with van der Waals surface area (Å²) in [7, 11) is 2.02.